The molecule has 0 aromatic heterocycles. The molecule has 4 heteroatoms. The molecule has 2 nitrogen and oxygen atoms in total. The molecule has 1 aliphatic carbocycles. The average molecular weight is 309 g/mol. The van der Waals surface area contributed by atoms with Crippen LogP contribution in [0.3, 0.4) is 0 Å². The highest BCUT2D eigenvalue weighted by Gasteiger charge is 2.54. The Bertz CT molecular complexity index is 360. The van der Waals surface area contributed by atoms with Gasteiger partial charge in [-0.3, -0.25) is 0 Å². The van der Waals surface area contributed by atoms with Gasteiger partial charge in [-0.05, 0) is 44.2 Å². The molecule has 1 atom stereocenters. The van der Waals surface area contributed by atoms with Gasteiger partial charge in [-0.25, -0.2) is 0 Å². The van der Waals surface area contributed by atoms with E-state index < -0.39 is 0 Å². The van der Waals surface area contributed by atoms with Crippen molar-refractivity contribution >= 4 is 28.3 Å². The highest BCUT2D eigenvalue weighted by Crippen LogP contribution is 2.51. The SMILES string of the molecule is CC1(C)C2=CC=C(Br)CC2C(C)(C)N1O.Cl. The van der Waals surface area contributed by atoms with Gasteiger partial charge in [0.25, 0.3) is 0 Å². The lowest BCUT2D eigenvalue weighted by Gasteiger charge is -2.35. The van der Waals surface area contributed by atoms with Gasteiger partial charge in [0.2, 0.25) is 0 Å². The summed E-state index contributed by atoms with van der Waals surface area (Å²) in [7, 11) is 0. The number of hydrogen-bond acceptors (Lipinski definition) is 2. The van der Waals surface area contributed by atoms with Crippen LogP contribution < -0.4 is 0 Å². The predicted octanol–water partition coefficient (Wildman–Crippen LogP) is 3.90. The van der Waals surface area contributed by atoms with Crippen LogP contribution in [0.15, 0.2) is 22.2 Å². The molecule has 92 valence electrons. The van der Waals surface area contributed by atoms with E-state index in [-0.39, 0.29) is 23.5 Å². The summed E-state index contributed by atoms with van der Waals surface area (Å²) in [5.41, 5.74) is 0.888. The van der Waals surface area contributed by atoms with E-state index in [9.17, 15) is 5.21 Å². The van der Waals surface area contributed by atoms with Crippen molar-refractivity contribution in [2.24, 2.45) is 5.92 Å². The zero-order valence-electron chi connectivity index (χ0n) is 10.1. The lowest BCUT2D eigenvalue weighted by molar-refractivity contribution is -0.193. The maximum absolute atomic E-state index is 10.3. The number of allylic oxidation sites excluding steroid dienone is 3. The first kappa shape index (κ1) is 14.2. The van der Waals surface area contributed by atoms with Gasteiger partial charge in [-0.1, -0.05) is 28.1 Å². The monoisotopic (exact) mass is 307 g/mol. The van der Waals surface area contributed by atoms with Crippen LogP contribution in [0.4, 0.5) is 0 Å². The van der Waals surface area contributed by atoms with E-state index in [0.717, 1.165) is 6.42 Å². The summed E-state index contributed by atoms with van der Waals surface area (Å²) in [4.78, 5) is 0. The van der Waals surface area contributed by atoms with Gasteiger partial charge in [0.1, 0.15) is 0 Å². The molecule has 0 bridgehead atoms. The Morgan fingerprint density at radius 1 is 1.31 bits per heavy atom. The first-order valence-corrected chi connectivity index (χ1v) is 6.13. The Labute approximate surface area is 112 Å². The zero-order chi connectivity index (χ0) is 11.4. The minimum Gasteiger partial charge on any atom is -0.313 e. The lowest BCUT2D eigenvalue weighted by Crippen LogP contribution is -2.47. The summed E-state index contributed by atoms with van der Waals surface area (Å²) in [5, 5.41) is 11.8. The second kappa shape index (κ2) is 4.13. The van der Waals surface area contributed by atoms with Crippen molar-refractivity contribution in [3.05, 3.63) is 22.2 Å². The first-order chi connectivity index (χ1) is 6.78. The molecular weight excluding hydrogens is 289 g/mol. The van der Waals surface area contributed by atoms with Gasteiger partial charge in [0, 0.05) is 11.5 Å². The summed E-state index contributed by atoms with van der Waals surface area (Å²) in [5.74, 6) is 0.400. The molecule has 0 amide bonds. The van der Waals surface area contributed by atoms with E-state index in [0.29, 0.717) is 5.92 Å². The molecule has 1 N–H and O–H groups in total. The minimum atomic E-state index is -0.252. The van der Waals surface area contributed by atoms with E-state index in [1.807, 2.05) is 0 Å². The standard InChI is InChI=1S/C12H18BrNO.ClH/c1-11(2)9-6-5-8(13)7-10(9)12(3,4)14(11)15;/h5-6,10,15H,7H2,1-4H3;1H. The van der Waals surface area contributed by atoms with Crippen LogP contribution in [0.1, 0.15) is 34.1 Å². The normalized spacial score (nSPS) is 31.2. The Hall–Kier alpha value is 0.170. The van der Waals surface area contributed by atoms with Gasteiger partial charge in [-0.15, -0.1) is 12.4 Å². The third-order valence-corrected chi connectivity index (χ3v) is 4.44. The predicted molar refractivity (Wildman–Crippen MR) is 72.2 cm³/mol. The Morgan fingerprint density at radius 2 is 1.88 bits per heavy atom. The minimum absolute atomic E-state index is 0. The maximum atomic E-state index is 10.3. The van der Waals surface area contributed by atoms with Crippen molar-refractivity contribution in [1.82, 2.24) is 5.06 Å². The van der Waals surface area contributed by atoms with Crippen LogP contribution in [-0.4, -0.2) is 21.3 Å². The van der Waals surface area contributed by atoms with E-state index in [1.165, 1.54) is 15.1 Å². The first-order valence-electron chi connectivity index (χ1n) is 5.34. The smallest absolute Gasteiger partial charge is 0.0625 e. The van der Waals surface area contributed by atoms with Crippen molar-refractivity contribution in [2.45, 2.75) is 45.2 Å². The fourth-order valence-electron chi connectivity index (χ4n) is 2.92. The number of rotatable bonds is 0. The van der Waals surface area contributed by atoms with E-state index in [2.05, 4.69) is 55.8 Å². The number of hydroxylamine groups is 2. The number of fused-ring (bicyclic) bond motifs is 1. The fraction of sp³-hybridized carbons (Fsp3) is 0.667. The van der Waals surface area contributed by atoms with Gasteiger partial charge >= 0.3 is 0 Å². The molecule has 0 aromatic rings. The van der Waals surface area contributed by atoms with E-state index in [4.69, 9.17) is 0 Å². The molecule has 1 heterocycles. The topological polar surface area (TPSA) is 23.5 Å². The highest BCUT2D eigenvalue weighted by molar-refractivity contribution is 9.11. The van der Waals surface area contributed by atoms with Crippen LogP contribution in [-0.2, 0) is 0 Å². The molecule has 1 unspecified atom stereocenters. The van der Waals surface area contributed by atoms with Crippen LogP contribution in [0, 0.1) is 5.92 Å². The van der Waals surface area contributed by atoms with Gasteiger partial charge in [0.05, 0.1) is 5.54 Å². The van der Waals surface area contributed by atoms with Crippen LogP contribution in [0.25, 0.3) is 0 Å². The second-order valence-electron chi connectivity index (χ2n) is 5.52. The van der Waals surface area contributed by atoms with Gasteiger partial charge in [0.15, 0.2) is 0 Å². The van der Waals surface area contributed by atoms with Crippen molar-refractivity contribution < 1.29 is 5.21 Å². The molecule has 0 saturated carbocycles. The molecule has 2 rings (SSSR count). The molecular formula is C12H19BrClNO. The highest BCUT2D eigenvalue weighted by atomic mass is 79.9. The number of halogens is 2. The van der Waals surface area contributed by atoms with Crippen molar-refractivity contribution in [3.63, 3.8) is 0 Å². The third-order valence-electron chi connectivity index (χ3n) is 3.85. The quantitative estimate of drug-likeness (QED) is 0.734. The second-order valence-corrected chi connectivity index (χ2v) is 6.54. The molecule has 16 heavy (non-hydrogen) atoms. The Balaban J connectivity index is 0.00000128. The van der Waals surface area contributed by atoms with Crippen molar-refractivity contribution in [1.29, 1.82) is 0 Å². The van der Waals surface area contributed by atoms with Crippen LogP contribution >= 0.6 is 28.3 Å². The van der Waals surface area contributed by atoms with Crippen LogP contribution in [0.5, 0.6) is 0 Å². The molecule has 2 aliphatic rings. The Kier molecular flexibility index (Phi) is 3.67. The summed E-state index contributed by atoms with van der Waals surface area (Å²) in [6.07, 6.45) is 5.23. The maximum Gasteiger partial charge on any atom is 0.0625 e. The molecule has 0 spiro atoms. The number of nitrogens with zero attached hydrogens (tertiary/aromatic N) is 1. The fourth-order valence-corrected chi connectivity index (χ4v) is 3.38. The summed E-state index contributed by atoms with van der Waals surface area (Å²) >= 11 is 3.55. The van der Waals surface area contributed by atoms with Crippen molar-refractivity contribution in [2.75, 3.05) is 0 Å². The van der Waals surface area contributed by atoms with E-state index in [1.54, 1.807) is 0 Å². The lowest BCUT2D eigenvalue weighted by atomic mass is 9.78. The Morgan fingerprint density at radius 3 is 2.44 bits per heavy atom. The number of hydrogen-bond donors (Lipinski definition) is 1. The summed E-state index contributed by atoms with van der Waals surface area (Å²) in [6, 6.07) is 0. The molecule has 1 saturated heterocycles. The molecule has 0 radical (unpaired) electrons. The molecule has 1 aliphatic heterocycles. The largest absolute Gasteiger partial charge is 0.313 e. The summed E-state index contributed by atoms with van der Waals surface area (Å²) < 4.78 is 1.22. The van der Waals surface area contributed by atoms with Gasteiger partial charge < -0.3 is 5.21 Å². The zero-order valence-corrected chi connectivity index (χ0v) is 12.5. The average Bonchev–Trinajstić information content (AvgIpc) is 2.26. The molecule has 1 fully saturated rings. The third kappa shape index (κ3) is 1.78. The van der Waals surface area contributed by atoms with Gasteiger partial charge in [-0.2, -0.15) is 5.06 Å². The molecule has 0 aromatic carbocycles. The van der Waals surface area contributed by atoms with Crippen LogP contribution in [0.2, 0.25) is 0 Å². The summed E-state index contributed by atoms with van der Waals surface area (Å²) in [6.45, 7) is 8.36. The van der Waals surface area contributed by atoms with E-state index >= 15 is 0 Å². The van der Waals surface area contributed by atoms with Crippen molar-refractivity contribution in [3.8, 4) is 0 Å².